The van der Waals surface area contributed by atoms with Gasteiger partial charge in [0.15, 0.2) is 17.5 Å². The van der Waals surface area contributed by atoms with Crippen LogP contribution in [0.25, 0.3) is 11.4 Å². The Hall–Kier alpha value is -1.89. The fourth-order valence-electron chi connectivity index (χ4n) is 1.36. The molecule has 0 aliphatic rings. The van der Waals surface area contributed by atoms with Crippen molar-refractivity contribution in [1.82, 2.24) is 15.5 Å². The zero-order chi connectivity index (χ0) is 13.1. The number of hydrogen-bond donors (Lipinski definition) is 1. The maximum absolute atomic E-state index is 13.0. The van der Waals surface area contributed by atoms with Gasteiger partial charge in [-0.15, -0.1) is 0 Å². The van der Waals surface area contributed by atoms with E-state index in [1.165, 1.54) is 0 Å². The summed E-state index contributed by atoms with van der Waals surface area (Å²) in [5.74, 6) is -3.79. The Kier molecular flexibility index (Phi) is 3.61. The Balaban J connectivity index is 2.28. The van der Waals surface area contributed by atoms with E-state index in [2.05, 4.69) is 15.5 Å². The Morgan fingerprint density at radius 3 is 2.50 bits per heavy atom. The lowest BCUT2D eigenvalue weighted by molar-refractivity contribution is 0.369. The molecule has 0 bridgehead atoms. The normalized spacial score (nSPS) is 10.9. The lowest BCUT2D eigenvalue weighted by Crippen LogP contribution is -2.11. The lowest BCUT2D eigenvalue weighted by Gasteiger charge is -1.98. The van der Waals surface area contributed by atoms with E-state index < -0.39 is 17.5 Å². The molecule has 4 nitrogen and oxygen atoms in total. The first kappa shape index (κ1) is 12.6. The van der Waals surface area contributed by atoms with Gasteiger partial charge in [0.25, 0.3) is 0 Å². The van der Waals surface area contributed by atoms with Crippen LogP contribution < -0.4 is 5.32 Å². The average Bonchev–Trinajstić information content (AvgIpc) is 2.81. The first-order valence-electron chi connectivity index (χ1n) is 5.30. The fourth-order valence-corrected chi connectivity index (χ4v) is 1.36. The van der Waals surface area contributed by atoms with Crippen LogP contribution in [-0.2, 0) is 6.54 Å². The Morgan fingerprint density at radius 2 is 1.89 bits per heavy atom. The lowest BCUT2D eigenvalue weighted by atomic mass is 10.2. The van der Waals surface area contributed by atoms with Gasteiger partial charge >= 0.3 is 0 Å². The third-order valence-electron chi connectivity index (χ3n) is 2.24. The van der Waals surface area contributed by atoms with Crippen molar-refractivity contribution in [2.45, 2.75) is 13.5 Å². The van der Waals surface area contributed by atoms with Crippen molar-refractivity contribution in [2.24, 2.45) is 0 Å². The molecule has 0 aliphatic carbocycles. The largest absolute Gasteiger partial charge is 0.338 e. The number of nitrogens with zero attached hydrogens (tertiary/aromatic N) is 2. The first-order valence-corrected chi connectivity index (χ1v) is 5.30. The predicted molar refractivity (Wildman–Crippen MR) is 57.0 cm³/mol. The molecule has 1 heterocycles. The van der Waals surface area contributed by atoms with Crippen LogP contribution in [0, 0.1) is 17.5 Å². The SMILES string of the molecule is CCNCc1nc(-c2cc(F)c(F)c(F)c2)no1. The van der Waals surface area contributed by atoms with Gasteiger partial charge in [0.2, 0.25) is 11.7 Å². The quantitative estimate of drug-likeness (QED) is 0.853. The third kappa shape index (κ3) is 2.51. The summed E-state index contributed by atoms with van der Waals surface area (Å²) in [6.07, 6.45) is 0. The van der Waals surface area contributed by atoms with Gasteiger partial charge in [-0.05, 0) is 18.7 Å². The van der Waals surface area contributed by atoms with E-state index in [4.69, 9.17) is 4.52 Å². The second-order valence-corrected chi connectivity index (χ2v) is 3.55. The van der Waals surface area contributed by atoms with E-state index >= 15 is 0 Å². The summed E-state index contributed by atoms with van der Waals surface area (Å²) in [5.41, 5.74) is 0.0258. The fraction of sp³-hybridized carbons (Fsp3) is 0.273. The highest BCUT2D eigenvalue weighted by atomic mass is 19.2. The van der Waals surface area contributed by atoms with Gasteiger partial charge in [-0.1, -0.05) is 12.1 Å². The number of nitrogens with one attached hydrogen (secondary N) is 1. The highest BCUT2D eigenvalue weighted by Crippen LogP contribution is 2.21. The molecule has 96 valence electrons. The Labute approximate surface area is 101 Å². The minimum Gasteiger partial charge on any atom is -0.338 e. The molecule has 18 heavy (non-hydrogen) atoms. The minimum atomic E-state index is -1.52. The molecule has 0 fully saturated rings. The molecule has 1 aromatic carbocycles. The van der Waals surface area contributed by atoms with Gasteiger partial charge < -0.3 is 9.84 Å². The summed E-state index contributed by atoms with van der Waals surface area (Å²) >= 11 is 0. The summed E-state index contributed by atoms with van der Waals surface area (Å²) in [7, 11) is 0. The number of rotatable bonds is 4. The molecule has 0 saturated heterocycles. The van der Waals surface area contributed by atoms with E-state index in [9.17, 15) is 13.2 Å². The zero-order valence-electron chi connectivity index (χ0n) is 9.51. The molecule has 0 saturated carbocycles. The van der Waals surface area contributed by atoms with Crippen molar-refractivity contribution < 1.29 is 17.7 Å². The summed E-state index contributed by atoms with van der Waals surface area (Å²) in [5, 5.41) is 6.53. The van der Waals surface area contributed by atoms with E-state index in [1.54, 1.807) is 0 Å². The molecular weight excluding hydrogens is 247 g/mol. The topological polar surface area (TPSA) is 51.0 Å². The molecule has 1 N–H and O–H groups in total. The van der Waals surface area contributed by atoms with Crippen molar-refractivity contribution in [3.8, 4) is 11.4 Å². The molecule has 1 aromatic heterocycles. The summed E-state index contributed by atoms with van der Waals surface area (Å²) in [6, 6.07) is 1.64. The average molecular weight is 257 g/mol. The van der Waals surface area contributed by atoms with E-state index in [1.807, 2.05) is 6.92 Å². The molecule has 2 rings (SSSR count). The van der Waals surface area contributed by atoms with Crippen LogP contribution in [0.1, 0.15) is 12.8 Å². The molecule has 0 spiro atoms. The van der Waals surface area contributed by atoms with Crippen LogP contribution >= 0.6 is 0 Å². The van der Waals surface area contributed by atoms with Gasteiger partial charge in [-0.2, -0.15) is 4.98 Å². The van der Waals surface area contributed by atoms with Crippen LogP contribution in [0.4, 0.5) is 13.2 Å². The van der Waals surface area contributed by atoms with Crippen LogP contribution in [0.15, 0.2) is 16.7 Å². The van der Waals surface area contributed by atoms with E-state index in [-0.39, 0.29) is 17.3 Å². The van der Waals surface area contributed by atoms with Crippen LogP contribution in [0.2, 0.25) is 0 Å². The van der Waals surface area contributed by atoms with Gasteiger partial charge in [-0.3, -0.25) is 0 Å². The van der Waals surface area contributed by atoms with Crippen LogP contribution in [0.3, 0.4) is 0 Å². The summed E-state index contributed by atoms with van der Waals surface area (Å²) < 4.78 is 43.7. The Morgan fingerprint density at radius 1 is 1.22 bits per heavy atom. The van der Waals surface area contributed by atoms with Crippen molar-refractivity contribution in [3.05, 3.63) is 35.5 Å². The van der Waals surface area contributed by atoms with Crippen molar-refractivity contribution in [2.75, 3.05) is 6.54 Å². The standard InChI is InChI=1S/C11H10F3N3O/c1-2-15-5-9-16-11(17-18-9)6-3-7(12)10(14)8(13)4-6/h3-4,15H,2,5H2,1H3. The molecule has 0 radical (unpaired) electrons. The van der Waals surface area contributed by atoms with Crippen LogP contribution in [-0.4, -0.2) is 16.7 Å². The van der Waals surface area contributed by atoms with Crippen molar-refractivity contribution in [3.63, 3.8) is 0 Å². The van der Waals surface area contributed by atoms with E-state index in [0.717, 1.165) is 18.7 Å². The number of hydrogen-bond acceptors (Lipinski definition) is 4. The smallest absolute Gasteiger partial charge is 0.240 e. The molecular formula is C11H10F3N3O. The monoisotopic (exact) mass is 257 g/mol. The number of aromatic nitrogens is 2. The molecule has 0 aliphatic heterocycles. The first-order chi connectivity index (χ1) is 8.61. The van der Waals surface area contributed by atoms with Gasteiger partial charge in [-0.25, -0.2) is 13.2 Å². The van der Waals surface area contributed by atoms with Crippen LogP contribution in [0.5, 0.6) is 0 Å². The highest BCUT2D eigenvalue weighted by Gasteiger charge is 2.15. The molecule has 0 amide bonds. The predicted octanol–water partition coefficient (Wildman–Crippen LogP) is 2.26. The number of halogens is 3. The Bertz CT molecular complexity index is 533. The van der Waals surface area contributed by atoms with Crippen molar-refractivity contribution >= 4 is 0 Å². The summed E-state index contributed by atoms with van der Waals surface area (Å²) in [6.45, 7) is 2.98. The van der Waals surface area contributed by atoms with E-state index in [0.29, 0.717) is 6.54 Å². The van der Waals surface area contributed by atoms with Gasteiger partial charge in [0.1, 0.15) is 0 Å². The maximum atomic E-state index is 13.0. The zero-order valence-corrected chi connectivity index (χ0v) is 9.51. The second kappa shape index (κ2) is 5.18. The van der Waals surface area contributed by atoms with Gasteiger partial charge in [0, 0.05) is 5.56 Å². The number of benzene rings is 1. The third-order valence-corrected chi connectivity index (χ3v) is 2.24. The maximum Gasteiger partial charge on any atom is 0.240 e. The molecule has 0 unspecified atom stereocenters. The molecule has 2 aromatic rings. The summed E-state index contributed by atoms with van der Waals surface area (Å²) in [4.78, 5) is 3.93. The second-order valence-electron chi connectivity index (χ2n) is 3.55. The minimum absolute atomic E-state index is 0.0145. The highest BCUT2D eigenvalue weighted by molar-refractivity contribution is 5.54. The molecule has 7 heteroatoms. The van der Waals surface area contributed by atoms with Gasteiger partial charge in [0.05, 0.1) is 6.54 Å². The van der Waals surface area contributed by atoms with Crippen molar-refractivity contribution in [1.29, 1.82) is 0 Å². The molecule has 0 atom stereocenters.